The van der Waals surface area contributed by atoms with Crippen molar-refractivity contribution in [2.24, 2.45) is 0 Å². The summed E-state index contributed by atoms with van der Waals surface area (Å²) >= 11 is 5.54. The lowest BCUT2D eigenvalue weighted by atomic mass is 10.1. The zero-order chi connectivity index (χ0) is 19.1. The van der Waals surface area contributed by atoms with Gasteiger partial charge < -0.3 is 10.3 Å². The molecule has 0 spiro atoms. The van der Waals surface area contributed by atoms with E-state index in [2.05, 4.69) is 10.3 Å². The van der Waals surface area contributed by atoms with E-state index < -0.39 is 27.6 Å². The number of H-pyrrole nitrogens is 1. The fraction of sp³-hybridized carbons (Fsp3) is 0.0625. The number of nitro benzene ring substituents is 1. The molecular formula is C16H9ClF3N3O3. The minimum Gasteiger partial charge on any atom is -0.360 e. The molecule has 0 radical (unpaired) electrons. The van der Waals surface area contributed by atoms with Crippen molar-refractivity contribution in [3.8, 4) is 0 Å². The molecule has 0 aliphatic carbocycles. The smallest absolute Gasteiger partial charge is 0.360 e. The molecule has 3 rings (SSSR count). The number of amides is 1. The number of fused-ring (bicyclic) bond motifs is 1. The highest BCUT2D eigenvalue weighted by Crippen LogP contribution is 2.36. The zero-order valence-corrected chi connectivity index (χ0v) is 13.5. The Morgan fingerprint density at radius 2 is 1.92 bits per heavy atom. The second kappa shape index (κ2) is 6.34. The minimum atomic E-state index is -4.67. The van der Waals surface area contributed by atoms with Gasteiger partial charge in [-0.25, -0.2) is 0 Å². The number of aromatic amines is 1. The van der Waals surface area contributed by atoms with E-state index in [-0.39, 0.29) is 22.3 Å². The molecule has 0 unspecified atom stereocenters. The Morgan fingerprint density at radius 1 is 1.19 bits per heavy atom. The van der Waals surface area contributed by atoms with Gasteiger partial charge in [-0.05, 0) is 24.3 Å². The average molecular weight is 384 g/mol. The van der Waals surface area contributed by atoms with Gasteiger partial charge in [-0.3, -0.25) is 14.9 Å². The van der Waals surface area contributed by atoms with Crippen LogP contribution in [0.2, 0.25) is 5.02 Å². The summed E-state index contributed by atoms with van der Waals surface area (Å²) in [6, 6.07) is 6.90. The van der Waals surface area contributed by atoms with Crippen LogP contribution in [-0.4, -0.2) is 15.8 Å². The molecular weight excluding hydrogens is 375 g/mol. The van der Waals surface area contributed by atoms with E-state index >= 15 is 0 Å². The molecule has 0 saturated carbocycles. The summed E-state index contributed by atoms with van der Waals surface area (Å²) < 4.78 is 38.7. The molecule has 10 heteroatoms. The van der Waals surface area contributed by atoms with E-state index in [9.17, 15) is 28.1 Å². The quantitative estimate of drug-likeness (QED) is 0.492. The Kier molecular flexibility index (Phi) is 4.33. The van der Waals surface area contributed by atoms with Crippen molar-refractivity contribution in [3.63, 3.8) is 0 Å². The first kappa shape index (κ1) is 17.7. The number of carbonyl (C=O) groups excluding carboxylic acids is 1. The number of rotatable bonds is 3. The summed E-state index contributed by atoms with van der Waals surface area (Å²) in [6.07, 6.45) is -3.34. The highest BCUT2D eigenvalue weighted by molar-refractivity contribution is 6.31. The molecule has 2 N–H and O–H groups in total. The number of non-ortho nitro benzene ring substituents is 1. The molecule has 0 aliphatic rings. The SMILES string of the molecule is O=C(Nc1ccc(Cl)c(C(F)(F)F)c1)c1c[nH]c2ccc([N+](=O)[O-])cc12. The maximum absolute atomic E-state index is 12.9. The van der Waals surface area contributed by atoms with Crippen molar-refractivity contribution in [1.29, 1.82) is 0 Å². The Bertz CT molecular complexity index is 1030. The molecule has 26 heavy (non-hydrogen) atoms. The van der Waals surface area contributed by atoms with Crippen LogP contribution in [0.15, 0.2) is 42.6 Å². The minimum absolute atomic E-state index is 0.0622. The number of aromatic nitrogens is 1. The topological polar surface area (TPSA) is 88.0 Å². The van der Waals surface area contributed by atoms with E-state index in [1.807, 2.05) is 0 Å². The van der Waals surface area contributed by atoms with Crippen molar-refractivity contribution in [2.75, 3.05) is 5.32 Å². The lowest BCUT2D eigenvalue weighted by Gasteiger charge is -2.11. The number of halogens is 4. The first-order valence-corrected chi connectivity index (χ1v) is 7.48. The molecule has 134 valence electrons. The lowest BCUT2D eigenvalue weighted by molar-refractivity contribution is -0.384. The van der Waals surface area contributed by atoms with E-state index in [0.717, 1.165) is 12.1 Å². The summed E-state index contributed by atoms with van der Waals surface area (Å²) in [6.45, 7) is 0. The number of hydrogen-bond donors (Lipinski definition) is 2. The summed E-state index contributed by atoms with van der Waals surface area (Å²) in [5.74, 6) is -0.716. The molecule has 3 aromatic rings. The second-order valence-electron chi connectivity index (χ2n) is 5.34. The maximum Gasteiger partial charge on any atom is 0.417 e. The van der Waals surface area contributed by atoms with Gasteiger partial charge in [0.2, 0.25) is 0 Å². The highest BCUT2D eigenvalue weighted by atomic mass is 35.5. The summed E-state index contributed by atoms with van der Waals surface area (Å²) in [5.41, 5.74) is -0.852. The summed E-state index contributed by atoms with van der Waals surface area (Å²) in [7, 11) is 0. The van der Waals surface area contributed by atoms with Crippen molar-refractivity contribution in [2.45, 2.75) is 6.18 Å². The standard InChI is InChI=1S/C16H9ClF3N3O3/c17-13-3-1-8(5-12(13)16(18,19)20)22-15(24)11-7-21-14-4-2-9(23(25)26)6-10(11)14/h1-7,21H,(H,22,24). The van der Waals surface area contributed by atoms with Gasteiger partial charge in [0.15, 0.2) is 0 Å². The molecule has 1 heterocycles. The van der Waals surface area contributed by atoms with Crippen molar-refractivity contribution in [1.82, 2.24) is 4.98 Å². The van der Waals surface area contributed by atoms with Crippen LogP contribution in [0.3, 0.4) is 0 Å². The van der Waals surface area contributed by atoms with Gasteiger partial charge in [-0.1, -0.05) is 11.6 Å². The first-order chi connectivity index (χ1) is 12.2. The van der Waals surface area contributed by atoms with Gasteiger partial charge in [0.25, 0.3) is 11.6 Å². The van der Waals surface area contributed by atoms with Crippen LogP contribution in [-0.2, 0) is 6.18 Å². The van der Waals surface area contributed by atoms with Gasteiger partial charge in [-0.2, -0.15) is 13.2 Å². The Labute approximate surface area is 148 Å². The largest absolute Gasteiger partial charge is 0.417 e. The van der Waals surface area contributed by atoms with Gasteiger partial charge in [0.1, 0.15) is 0 Å². The summed E-state index contributed by atoms with van der Waals surface area (Å²) in [5, 5.41) is 13.0. The van der Waals surface area contributed by atoms with Crippen LogP contribution in [0.1, 0.15) is 15.9 Å². The molecule has 1 aromatic heterocycles. The summed E-state index contributed by atoms with van der Waals surface area (Å²) in [4.78, 5) is 25.5. The molecule has 2 aromatic carbocycles. The number of alkyl halides is 3. The number of benzene rings is 2. The van der Waals surface area contributed by atoms with E-state index in [1.165, 1.54) is 30.5 Å². The molecule has 6 nitrogen and oxygen atoms in total. The third-order valence-electron chi connectivity index (χ3n) is 3.65. The monoisotopic (exact) mass is 383 g/mol. The van der Waals surface area contributed by atoms with E-state index in [0.29, 0.717) is 5.52 Å². The molecule has 0 saturated heterocycles. The molecule has 0 bridgehead atoms. The highest BCUT2D eigenvalue weighted by Gasteiger charge is 2.33. The number of anilines is 1. The predicted octanol–water partition coefficient (Wildman–Crippen LogP) is 5.00. The first-order valence-electron chi connectivity index (χ1n) is 7.10. The Morgan fingerprint density at radius 3 is 2.58 bits per heavy atom. The van der Waals surface area contributed by atoms with Crippen molar-refractivity contribution < 1.29 is 22.9 Å². The van der Waals surface area contributed by atoms with Crippen LogP contribution in [0.4, 0.5) is 24.5 Å². The van der Waals surface area contributed by atoms with Gasteiger partial charge in [0, 0.05) is 34.9 Å². The fourth-order valence-corrected chi connectivity index (χ4v) is 2.65. The maximum atomic E-state index is 12.9. The lowest BCUT2D eigenvalue weighted by Crippen LogP contribution is -2.13. The van der Waals surface area contributed by atoms with Crippen LogP contribution in [0.5, 0.6) is 0 Å². The van der Waals surface area contributed by atoms with Crippen LogP contribution >= 0.6 is 11.6 Å². The normalized spacial score (nSPS) is 11.5. The van der Waals surface area contributed by atoms with Crippen LogP contribution in [0, 0.1) is 10.1 Å². The van der Waals surface area contributed by atoms with Crippen molar-refractivity contribution in [3.05, 3.63) is 68.9 Å². The molecule has 0 fully saturated rings. The van der Waals surface area contributed by atoms with E-state index in [1.54, 1.807) is 0 Å². The Balaban J connectivity index is 1.95. The Hall–Kier alpha value is -3.07. The number of nitro groups is 1. The second-order valence-corrected chi connectivity index (χ2v) is 5.74. The molecule has 0 atom stereocenters. The van der Waals surface area contributed by atoms with Gasteiger partial charge in [-0.15, -0.1) is 0 Å². The van der Waals surface area contributed by atoms with Crippen LogP contribution < -0.4 is 5.32 Å². The number of nitrogens with zero attached hydrogens (tertiary/aromatic N) is 1. The van der Waals surface area contributed by atoms with Gasteiger partial charge >= 0.3 is 6.18 Å². The number of hydrogen-bond acceptors (Lipinski definition) is 3. The third-order valence-corrected chi connectivity index (χ3v) is 3.98. The molecule has 0 aliphatic heterocycles. The average Bonchev–Trinajstić information content (AvgIpc) is 2.98. The van der Waals surface area contributed by atoms with Crippen LogP contribution in [0.25, 0.3) is 10.9 Å². The number of carbonyl (C=O) groups is 1. The van der Waals surface area contributed by atoms with E-state index in [4.69, 9.17) is 11.6 Å². The van der Waals surface area contributed by atoms with Gasteiger partial charge in [0.05, 0.1) is 21.1 Å². The zero-order valence-electron chi connectivity index (χ0n) is 12.7. The fourth-order valence-electron chi connectivity index (χ4n) is 2.43. The third kappa shape index (κ3) is 3.33. The number of nitrogens with one attached hydrogen (secondary N) is 2. The molecule has 1 amide bonds. The predicted molar refractivity (Wildman–Crippen MR) is 89.4 cm³/mol. The van der Waals surface area contributed by atoms with Crippen molar-refractivity contribution >= 4 is 39.8 Å².